The molecule has 0 aliphatic heterocycles. The molecular weight excluding hydrogens is 230 g/mol. The molecule has 4 unspecified atom stereocenters. The van der Waals surface area contributed by atoms with E-state index in [2.05, 4.69) is 11.2 Å². The lowest BCUT2D eigenvalue weighted by atomic mass is 9.95. The first-order valence-electron chi connectivity index (χ1n) is 6.46. The molecule has 0 heterocycles. The molecule has 4 nitrogen and oxygen atoms in total. The number of nitrogens with one attached hydrogen (secondary N) is 1. The number of amides is 1. The third kappa shape index (κ3) is 3.49. The first-order valence-corrected chi connectivity index (χ1v) is 6.46. The summed E-state index contributed by atoms with van der Waals surface area (Å²) >= 11 is 0. The molecule has 0 saturated heterocycles. The van der Waals surface area contributed by atoms with Gasteiger partial charge in [-0.15, -0.1) is 12.3 Å². The minimum absolute atomic E-state index is 0.0994. The van der Waals surface area contributed by atoms with Gasteiger partial charge in [0.2, 0.25) is 5.91 Å². The number of carbonyl (C=O) groups is 2. The number of hydrogen-bond acceptors (Lipinski definition) is 2. The minimum Gasteiger partial charge on any atom is -0.481 e. The van der Waals surface area contributed by atoms with E-state index in [4.69, 9.17) is 6.42 Å². The molecule has 1 saturated carbocycles. The van der Waals surface area contributed by atoms with Gasteiger partial charge in [-0.2, -0.15) is 0 Å². The number of carboxylic acid groups (broad SMARTS) is 1. The van der Waals surface area contributed by atoms with E-state index in [1.165, 1.54) is 0 Å². The van der Waals surface area contributed by atoms with Gasteiger partial charge in [-0.1, -0.05) is 13.3 Å². The van der Waals surface area contributed by atoms with Crippen LogP contribution in [0.4, 0.5) is 0 Å². The van der Waals surface area contributed by atoms with E-state index in [0.29, 0.717) is 25.2 Å². The number of rotatable bonds is 5. The summed E-state index contributed by atoms with van der Waals surface area (Å²) in [5.41, 5.74) is 0. The Kier molecular flexibility index (Phi) is 5.21. The lowest BCUT2D eigenvalue weighted by molar-refractivity contribution is -0.146. The van der Waals surface area contributed by atoms with Crippen molar-refractivity contribution in [3.8, 4) is 12.3 Å². The molecular formula is C14H21NO3. The summed E-state index contributed by atoms with van der Waals surface area (Å²) in [6, 6.07) is -0.0994. The molecule has 1 rings (SSSR count). The summed E-state index contributed by atoms with van der Waals surface area (Å²) in [4.78, 5) is 23.2. The quantitative estimate of drug-likeness (QED) is 0.730. The van der Waals surface area contributed by atoms with Crippen molar-refractivity contribution in [1.29, 1.82) is 0 Å². The molecule has 0 radical (unpaired) electrons. The Hall–Kier alpha value is -1.50. The summed E-state index contributed by atoms with van der Waals surface area (Å²) in [5.74, 6) is 0.836. The molecule has 1 aliphatic carbocycles. The van der Waals surface area contributed by atoms with Crippen molar-refractivity contribution in [1.82, 2.24) is 5.32 Å². The molecule has 0 aromatic rings. The molecule has 1 fully saturated rings. The molecule has 1 amide bonds. The lowest BCUT2D eigenvalue weighted by Crippen LogP contribution is -2.39. The Bertz CT molecular complexity index is 359. The molecule has 4 heteroatoms. The number of hydrogen-bond donors (Lipinski definition) is 2. The van der Waals surface area contributed by atoms with Gasteiger partial charge in [-0.3, -0.25) is 9.59 Å². The van der Waals surface area contributed by atoms with E-state index in [9.17, 15) is 14.7 Å². The predicted octanol–water partition coefficient (Wildman–Crippen LogP) is 1.65. The van der Waals surface area contributed by atoms with E-state index in [1.807, 2.05) is 13.8 Å². The molecule has 2 N–H and O–H groups in total. The average molecular weight is 251 g/mol. The first-order chi connectivity index (χ1) is 8.49. The predicted molar refractivity (Wildman–Crippen MR) is 68.7 cm³/mol. The SMILES string of the molecule is C#CCC(C)NC(=O)C1CC(CC)CC1C(=O)O. The second-order valence-corrected chi connectivity index (χ2v) is 5.11. The number of carboxylic acids is 1. The normalized spacial score (nSPS) is 28.4. The van der Waals surface area contributed by atoms with Gasteiger partial charge in [-0.25, -0.2) is 0 Å². The Balaban J connectivity index is 2.65. The fourth-order valence-corrected chi connectivity index (χ4v) is 2.62. The zero-order chi connectivity index (χ0) is 13.7. The van der Waals surface area contributed by atoms with Crippen LogP contribution in [-0.2, 0) is 9.59 Å². The second kappa shape index (κ2) is 6.44. The zero-order valence-corrected chi connectivity index (χ0v) is 11.0. The highest BCUT2D eigenvalue weighted by molar-refractivity contribution is 5.85. The fourth-order valence-electron chi connectivity index (χ4n) is 2.62. The monoisotopic (exact) mass is 251 g/mol. The van der Waals surface area contributed by atoms with Crippen LogP contribution in [0.3, 0.4) is 0 Å². The maximum atomic E-state index is 12.1. The lowest BCUT2D eigenvalue weighted by Gasteiger charge is -2.18. The van der Waals surface area contributed by atoms with Crippen molar-refractivity contribution in [3.05, 3.63) is 0 Å². The Morgan fingerprint density at radius 1 is 1.44 bits per heavy atom. The number of terminal acetylenes is 1. The standard InChI is InChI=1S/C14H21NO3/c1-4-6-9(3)15-13(16)11-7-10(5-2)8-12(11)14(17)18/h1,9-12H,5-8H2,2-3H3,(H,15,16)(H,17,18). The number of aliphatic carboxylic acids is 1. The summed E-state index contributed by atoms with van der Waals surface area (Å²) in [6.07, 6.45) is 7.85. The summed E-state index contributed by atoms with van der Waals surface area (Å²) in [5, 5.41) is 12.0. The molecule has 0 spiro atoms. The van der Waals surface area contributed by atoms with E-state index < -0.39 is 17.8 Å². The van der Waals surface area contributed by atoms with Crippen molar-refractivity contribution in [2.75, 3.05) is 0 Å². The topological polar surface area (TPSA) is 66.4 Å². The average Bonchev–Trinajstić information content (AvgIpc) is 2.73. The Morgan fingerprint density at radius 3 is 2.56 bits per heavy atom. The molecule has 1 aliphatic rings. The van der Waals surface area contributed by atoms with Gasteiger partial charge in [0.05, 0.1) is 11.8 Å². The van der Waals surface area contributed by atoms with Crippen molar-refractivity contribution < 1.29 is 14.7 Å². The third-order valence-electron chi connectivity index (χ3n) is 3.70. The van der Waals surface area contributed by atoms with Crippen molar-refractivity contribution in [3.63, 3.8) is 0 Å². The molecule has 0 bridgehead atoms. The van der Waals surface area contributed by atoms with Gasteiger partial charge < -0.3 is 10.4 Å². The van der Waals surface area contributed by atoms with Crippen LogP contribution in [0, 0.1) is 30.1 Å². The minimum atomic E-state index is -0.865. The smallest absolute Gasteiger partial charge is 0.307 e. The van der Waals surface area contributed by atoms with Crippen molar-refractivity contribution in [2.24, 2.45) is 17.8 Å². The second-order valence-electron chi connectivity index (χ2n) is 5.11. The van der Waals surface area contributed by atoms with Gasteiger partial charge >= 0.3 is 5.97 Å². The van der Waals surface area contributed by atoms with E-state index in [1.54, 1.807) is 0 Å². The van der Waals surface area contributed by atoms with Crippen LogP contribution in [0.15, 0.2) is 0 Å². The number of carbonyl (C=O) groups excluding carboxylic acids is 1. The zero-order valence-electron chi connectivity index (χ0n) is 11.0. The van der Waals surface area contributed by atoms with Crippen LogP contribution in [0.2, 0.25) is 0 Å². The van der Waals surface area contributed by atoms with Crippen LogP contribution in [0.1, 0.15) is 39.5 Å². The van der Waals surface area contributed by atoms with Gasteiger partial charge in [0.15, 0.2) is 0 Å². The highest BCUT2D eigenvalue weighted by Gasteiger charge is 2.42. The van der Waals surface area contributed by atoms with Crippen molar-refractivity contribution >= 4 is 11.9 Å². The van der Waals surface area contributed by atoms with Gasteiger partial charge in [0, 0.05) is 12.5 Å². The van der Waals surface area contributed by atoms with Crippen molar-refractivity contribution in [2.45, 2.75) is 45.6 Å². The Morgan fingerprint density at radius 2 is 2.06 bits per heavy atom. The highest BCUT2D eigenvalue weighted by atomic mass is 16.4. The third-order valence-corrected chi connectivity index (χ3v) is 3.70. The fraction of sp³-hybridized carbons (Fsp3) is 0.714. The van der Waals surface area contributed by atoms with Crippen LogP contribution in [0.5, 0.6) is 0 Å². The Labute approximate surface area is 108 Å². The van der Waals surface area contributed by atoms with Crippen LogP contribution >= 0.6 is 0 Å². The van der Waals surface area contributed by atoms with Crippen LogP contribution in [0.25, 0.3) is 0 Å². The molecule has 100 valence electrons. The van der Waals surface area contributed by atoms with E-state index in [0.717, 1.165) is 6.42 Å². The van der Waals surface area contributed by atoms with E-state index in [-0.39, 0.29) is 11.9 Å². The summed E-state index contributed by atoms with van der Waals surface area (Å²) < 4.78 is 0. The molecule has 0 aromatic carbocycles. The van der Waals surface area contributed by atoms with Gasteiger partial charge in [0.25, 0.3) is 0 Å². The van der Waals surface area contributed by atoms with Crippen LogP contribution in [-0.4, -0.2) is 23.0 Å². The maximum Gasteiger partial charge on any atom is 0.307 e. The van der Waals surface area contributed by atoms with Gasteiger partial charge in [-0.05, 0) is 25.7 Å². The summed E-state index contributed by atoms with van der Waals surface area (Å²) in [7, 11) is 0. The van der Waals surface area contributed by atoms with E-state index >= 15 is 0 Å². The highest BCUT2D eigenvalue weighted by Crippen LogP contribution is 2.38. The largest absolute Gasteiger partial charge is 0.481 e. The molecule has 0 aromatic heterocycles. The molecule has 18 heavy (non-hydrogen) atoms. The summed E-state index contributed by atoms with van der Waals surface area (Å²) in [6.45, 7) is 3.87. The first kappa shape index (κ1) is 14.6. The molecule has 4 atom stereocenters. The van der Waals surface area contributed by atoms with Crippen LogP contribution < -0.4 is 5.32 Å². The van der Waals surface area contributed by atoms with Gasteiger partial charge in [0.1, 0.15) is 0 Å². The maximum absolute atomic E-state index is 12.1.